The molecule has 0 aliphatic heterocycles. The predicted octanol–water partition coefficient (Wildman–Crippen LogP) is 1.81. The van der Waals surface area contributed by atoms with E-state index in [4.69, 9.17) is 0 Å². The zero-order valence-corrected chi connectivity index (χ0v) is 11.9. The van der Waals surface area contributed by atoms with E-state index in [0.717, 1.165) is 25.9 Å². The van der Waals surface area contributed by atoms with Crippen LogP contribution >= 0.6 is 0 Å². The highest BCUT2D eigenvalue weighted by Crippen LogP contribution is 2.08. The highest BCUT2D eigenvalue weighted by Gasteiger charge is 2.33. The Hall–Kier alpha value is -0.610. The van der Waals surface area contributed by atoms with Crippen molar-refractivity contribution in [2.75, 3.05) is 26.7 Å². The molecule has 0 heterocycles. The zero-order chi connectivity index (χ0) is 13.5. The summed E-state index contributed by atoms with van der Waals surface area (Å²) in [6, 6.07) is 0. The number of nitrogens with one attached hydrogen (secondary N) is 1. The summed E-state index contributed by atoms with van der Waals surface area (Å²) in [5, 5.41) is 12.4. The van der Waals surface area contributed by atoms with Crippen LogP contribution in [0.2, 0.25) is 0 Å². The molecule has 102 valence electrons. The molecule has 0 rings (SSSR count). The zero-order valence-electron chi connectivity index (χ0n) is 11.9. The number of rotatable bonds is 9. The van der Waals surface area contributed by atoms with Crippen LogP contribution < -0.4 is 5.32 Å². The molecule has 4 heteroatoms. The number of aliphatic carboxylic acids is 1. The Morgan fingerprint density at radius 2 is 2.06 bits per heavy atom. The summed E-state index contributed by atoms with van der Waals surface area (Å²) in [7, 11) is 1.98. The van der Waals surface area contributed by atoms with E-state index in [0.29, 0.717) is 12.5 Å². The van der Waals surface area contributed by atoms with E-state index in [-0.39, 0.29) is 0 Å². The van der Waals surface area contributed by atoms with Crippen molar-refractivity contribution >= 4 is 5.97 Å². The second-order valence-corrected chi connectivity index (χ2v) is 5.48. The fraction of sp³-hybridized carbons (Fsp3) is 0.923. The van der Waals surface area contributed by atoms with E-state index in [1.54, 1.807) is 6.92 Å². The number of likely N-dealkylation sites (N-methyl/N-ethyl adjacent to an activating group) is 1. The monoisotopic (exact) mass is 244 g/mol. The van der Waals surface area contributed by atoms with Crippen LogP contribution in [-0.2, 0) is 4.79 Å². The first-order valence-electron chi connectivity index (χ1n) is 6.48. The van der Waals surface area contributed by atoms with Crippen LogP contribution in [0.25, 0.3) is 0 Å². The minimum absolute atomic E-state index is 0.537. The van der Waals surface area contributed by atoms with E-state index in [2.05, 4.69) is 24.1 Å². The molecule has 0 aliphatic rings. The van der Waals surface area contributed by atoms with Crippen LogP contribution in [0, 0.1) is 5.92 Å². The average molecular weight is 244 g/mol. The van der Waals surface area contributed by atoms with Gasteiger partial charge in [-0.1, -0.05) is 20.8 Å². The van der Waals surface area contributed by atoms with Crippen molar-refractivity contribution in [2.24, 2.45) is 5.92 Å². The average Bonchev–Trinajstić information content (AvgIpc) is 2.23. The molecule has 0 aromatic carbocycles. The van der Waals surface area contributed by atoms with Gasteiger partial charge in [0.25, 0.3) is 0 Å². The molecule has 0 aromatic heterocycles. The van der Waals surface area contributed by atoms with E-state index >= 15 is 0 Å². The van der Waals surface area contributed by atoms with Gasteiger partial charge in [0.2, 0.25) is 0 Å². The van der Waals surface area contributed by atoms with Crippen LogP contribution in [0.4, 0.5) is 0 Å². The van der Waals surface area contributed by atoms with Gasteiger partial charge >= 0.3 is 5.97 Å². The molecule has 0 saturated carbocycles. The van der Waals surface area contributed by atoms with Crippen molar-refractivity contribution in [1.82, 2.24) is 10.2 Å². The minimum Gasteiger partial charge on any atom is -0.480 e. The Bertz CT molecular complexity index is 231. The molecule has 0 fully saturated rings. The second-order valence-electron chi connectivity index (χ2n) is 5.48. The maximum atomic E-state index is 11.3. The van der Waals surface area contributed by atoms with E-state index in [9.17, 15) is 9.90 Å². The maximum absolute atomic E-state index is 11.3. The maximum Gasteiger partial charge on any atom is 0.324 e. The van der Waals surface area contributed by atoms with Crippen LogP contribution in [-0.4, -0.2) is 48.2 Å². The topological polar surface area (TPSA) is 52.6 Å². The van der Waals surface area contributed by atoms with Gasteiger partial charge in [0, 0.05) is 6.54 Å². The standard InChI is InChI=1S/C13H28N2O2/c1-6-8-14-13(4,12(16)17)10-15(5)9-7-11(2)3/h11,14H,6-10H2,1-5H3,(H,16,17). The SMILES string of the molecule is CCCNC(C)(CN(C)CCC(C)C)C(=O)O. The van der Waals surface area contributed by atoms with Crippen molar-refractivity contribution in [2.45, 2.75) is 46.1 Å². The molecule has 4 nitrogen and oxygen atoms in total. The number of hydrogen-bond acceptors (Lipinski definition) is 3. The Morgan fingerprint density at radius 1 is 1.47 bits per heavy atom. The summed E-state index contributed by atoms with van der Waals surface area (Å²) in [6.07, 6.45) is 2.04. The third-order valence-corrected chi connectivity index (χ3v) is 2.91. The van der Waals surface area contributed by atoms with Gasteiger partial charge in [0.15, 0.2) is 0 Å². The summed E-state index contributed by atoms with van der Waals surface area (Å²) in [6.45, 7) is 10.4. The van der Waals surface area contributed by atoms with Gasteiger partial charge in [0.1, 0.15) is 5.54 Å². The fourth-order valence-corrected chi connectivity index (χ4v) is 1.70. The molecule has 0 bridgehead atoms. The Balaban J connectivity index is 4.28. The van der Waals surface area contributed by atoms with Gasteiger partial charge in [-0.25, -0.2) is 0 Å². The second kappa shape index (κ2) is 7.67. The predicted molar refractivity (Wildman–Crippen MR) is 71.3 cm³/mol. The summed E-state index contributed by atoms with van der Waals surface area (Å²) >= 11 is 0. The van der Waals surface area contributed by atoms with Gasteiger partial charge in [-0.2, -0.15) is 0 Å². The first-order chi connectivity index (χ1) is 7.81. The molecule has 17 heavy (non-hydrogen) atoms. The molecule has 0 aliphatic carbocycles. The molecule has 1 unspecified atom stereocenters. The lowest BCUT2D eigenvalue weighted by Gasteiger charge is -2.31. The van der Waals surface area contributed by atoms with Crippen molar-refractivity contribution < 1.29 is 9.90 Å². The molecule has 2 N–H and O–H groups in total. The van der Waals surface area contributed by atoms with Gasteiger partial charge in [0.05, 0.1) is 0 Å². The van der Waals surface area contributed by atoms with Gasteiger partial charge in [-0.15, -0.1) is 0 Å². The first-order valence-corrected chi connectivity index (χ1v) is 6.48. The van der Waals surface area contributed by atoms with Crippen LogP contribution in [0.5, 0.6) is 0 Å². The Kier molecular flexibility index (Phi) is 7.39. The summed E-state index contributed by atoms with van der Waals surface area (Å²) in [5.74, 6) is -0.125. The normalized spacial score (nSPS) is 15.2. The lowest BCUT2D eigenvalue weighted by Crippen LogP contribution is -2.56. The number of carbonyl (C=O) groups is 1. The number of carboxylic acids is 1. The molecular formula is C13H28N2O2. The highest BCUT2D eigenvalue weighted by molar-refractivity contribution is 5.78. The number of carboxylic acid groups (broad SMARTS) is 1. The van der Waals surface area contributed by atoms with Gasteiger partial charge < -0.3 is 15.3 Å². The van der Waals surface area contributed by atoms with E-state index in [1.165, 1.54) is 0 Å². The Labute approximate surface area is 105 Å². The largest absolute Gasteiger partial charge is 0.480 e. The third kappa shape index (κ3) is 6.64. The lowest BCUT2D eigenvalue weighted by molar-refractivity contribution is -0.144. The van der Waals surface area contributed by atoms with Gasteiger partial charge in [-0.05, 0) is 45.8 Å². The number of nitrogens with zero attached hydrogens (tertiary/aromatic N) is 1. The summed E-state index contributed by atoms with van der Waals surface area (Å²) < 4.78 is 0. The molecule has 0 spiro atoms. The van der Waals surface area contributed by atoms with E-state index in [1.807, 2.05) is 14.0 Å². The van der Waals surface area contributed by atoms with Crippen molar-refractivity contribution in [3.63, 3.8) is 0 Å². The van der Waals surface area contributed by atoms with Crippen molar-refractivity contribution in [1.29, 1.82) is 0 Å². The quantitative estimate of drug-likeness (QED) is 0.649. The molecule has 1 atom stereocenters. The third-order valence-electron chi connectivity index (χ3n) is 2.91. The smallest absolute Gasteiger partial charge is 0.324 e. The minimum atomic E-state index is -0.845. The molecule has 0 saturated heterocycles. The fourth-order valence-electron chi connectivity index (χ4n) is 1.70. The van der Waals surface area contributed by atoms with Crippen molar-refractivity contribution in [3.8, 4) is 0 Å². The summed E-state index contributed by atoms with van der Waals surface area (Å²) in [4.78, 5) is 13.4. The molecule has 0 amide bonds. The molecule has 0 radical (unpaired) electrons. The highest BCUT2D eigenvalue weighted by atomic mass is 16.4. The van der Waals surface area contributed by atoms with Crippen LogP contribution in [0.15, 0.2) is 0 Å². The lowest BCUT2D eigenvalue weighted by atomic mass is 10.0. The van der Waals surface area contributed by atoms with Crippen LogP contribution in [0.3, 0.4) is 0 Å². The first kappa shape index (κ1) is 16.4. The van der Waals surface area contributed by atoms with Crippen LogP contribution in [0.1, 0.15) is 40.5 Å². The summed E-state index contributed by atoms with van der Waals surface area (Å²) in [5.41, 5.74) is -0.845. The molecule has 0 aromatic rings. The number of hydrogen-bond donors (Lipinski definition) is 2. The molecular weight excluding hydrogens is 216 g/mol. The van der Waals surface area contributed by atoms with E-state index < -0.39 is 11.5 Å². The Morgan fingerprint density at radius 3 is 2.47 bits per heavy atom. The van der Waals surface area contributed by atoms with Crippen molar-refractivity contribution in [3.05, 3.63) is 0 Å². The van der Waals surface area contributed by atoms with Gasteiger partial charge in [-0.3, -0.25) is 4.79 Å².